The molecule has 1 saturated carbocycles. The van der Waals surface area contributed by atoms with Gasteiger partial charge in [0.2, 0.25) is 5.95 Å². The molecule has 0 atom stereocenters. The van der Waals surface area contributed by atoms with Gasteiger partial charge in [-0.3, -0.25) is 0 Å². The molecule has 0 amide bonds. The summed E-state index contributed by atoms with van der Waals surface area (Å²) in [5.74, 6) is 2.36. The lowest BCUT2D eigenvalue weighted by Gasteiger charge is -2.58. The number of anilines is 1. The van der Waals surface area contributed by atoms with Crippen molar-refractivity contribution in [3.05, 3.63) is 18.0 Å². The van der Waals surface area contributed by atoms with Crippen molar-refractivity contribution in [1.29, 1.82) is 0 Å². The lowest BCUT2D eigenvalue weighted by Crippen LogP contribution is -2.62. The fourth-order valence-electron chi connectivity index (χ4n) is 3.37. The summed E-state index contributed by atoms with van der Waals surface area (Å²) in [5, 5.41) is 0. The maximum Gasteiger partial charge on any atom is 0.225 e. The van der Waals surface area contributed by atoms with E-state index in [0.717, 1.165) is 11.9 Å². The Hall–Kier alpha value is -1.12. The number of hydrogen-bond acceptors (Lipinski definition) is 3. The third kappa shape index (κ3) is 1.81. The van der Waals surface area contributed by atoms with Crippen LogP contribution in [0, 0.1) is 11.3 Å². The lowest BCUT2D eigenvalue weighted by molar-refractivity contribution is 0.0325. The van der Waals surface area contributed by atoms with E-state index in [2.05, 4.69) is 35.6 Å². The zero-order chi connectivity index (χ0) is 12.0. The fourth-order valence-corrected chi connectivity index (χ4v) is 3.37. The second-order valence-corrected chi connectivity index (χ2v) is 6.34. The van der Waals surface area contributed by atoms with Crippen LogP contribution in [0.3, 0.4) is 0 Å². The van der Waals surface area contributed by atoms with Crippen LogP contribution in [0.25, 0.3) is 0 Å². The Kier molecular flexibility index (Phi) is 2.39. The molecular formula is C14H21N3. The minimum absolute atomic E-state index is 0.513. The average molecular weight is 231 g/mol. The smallest absolute Gasteiger partial charge is 0.225 e. The number of aromatic nitrogens is 2. The third-order valence-corrected chi connectivity index (χ3v) is 4.22. The number of nitrogens with zero attached hydrogens (tertiary/aromatic N) is 3. The molecule has 1 aromatic rings. The first kappa shape index (κ1) is 11.0. The van der Waals surface area contributed by atoms with Crippen LogP contribution in [-0.2, 0) is 0 Å². The Morgan fingerprint density at radius 1 is 1.24 bits per heavy atom. The Bertz CT molecular complexity index is 396. The van der Waals surface area contributed by atoms with Gasteiger partial charge in [-0.2, -0.15) is 0 Å². The highest BCUT2D eigenvalue weighted by molar-refractivity contribution is 5.37. The highest BCUT2D eigenvalue weighted by Gasteiger charge is 2.51. The number of rotatable bonds is 2. The summed E-state index contributed by atoms with van der Waals surface area (Å²) in [7, 11) is 0. The van der Waals surface area contributed by atoms with E-state index >= 15 is 0 Å². The van der Waals surface area contributed by atoms with E-state index in [4.69, 9.17) is 0 Å². The molecule has 3 rings (SSSR count). The predicted molar refractivity (Wildman–Crippen MR) is 69.2 cm³/mol. The van der Waals surface area contributed by atoms with E-state index in [-0.39, 0.29) is 0 Å². The summed E-state index contributed by atoms with van der Waals surface area (Å²) in [6.45, 7) is 9.03. The quantitative estimate of drug-likeness (QED) is 0.783. The zero-order valence-electron chi connectivity index (χ0n) is 11.0. The molecule has 1 saturated heterocycles. The van der Waals surface area contributed by atoms with Gasteiger partial charge in [0.1, 0.15) is 0 Å². The maximum atomic E-state index is 4.48. The molecule has 0 unspecified atom stereocenters. The van der Waals surface area contributed by atoms with Gasteiger partial charge in [0.25, 0.3) is 0 Å². The minimum atomic E-state index is 0.513. The van der Waals surface area contributed by atoms with E-state index in [1.165, 1.54) is 31.5 Å². The van der Waals surface area contributed by atoms with Gasteiger partial charge in [0, 0.05) is 30.9 Å². The molecule has 2 heterocycles. The van der Waals surface area contributed by atoms with Gasteiger partial charge < -0.3 is 4.90 Å². The molecule has 3 nitrogen and oxygen atoms in total. The molecule has 1 aliphatic carbocycles. The Morgan fingerprint density at radius 3 is 2.29 bits per heavy atom. The van der Waals surface area contributed by atoms with Crippen LogP contribution < -0.4 is 4.90 Å². The third-order valence-electron chi connectivity index (χ3n) is 4.22. The summed E-state index contributed by atoms with van der Waals surface area (Å²) in [4.78, 5) is 11.3. The highest BCUT2D eigenvalue weighted by atomic mass is 15.3. The molecule has 3 heteroatoms. The molecular weight excluding hydrogens is 210 g/mol. The largest absolute Gasteiger partial charge is 0.340 e. The van der Waals surface area contributed by atoms with Crippen LogP contribution in [0.5, 0.6) is 0 Å². The molecule has 0 aromatic carbocycles. The molecule has 2 fully saturated rings. The maximum absolute atomic E-state index is 4.48. The second-order valence-electron chi connectivity index (χ2n) is 6.34. The Labute approximate surface area is 103 Å². The topological polar surface area (TPSA) is 29.0 Å². The Balaban J connectivity index is 1.63. The van der Waals surface area contributed by atoms with E-state index in [0.29, 0.717) is 11.3 Å². The zero-order valence-corrected chi connectivity index (χ0v) is 11.0. The van der Waals surface area contributed by atoms with E-state index < -0.39 is 0 Å². The molecule has 1 spiro atoms. The summed E-state index contributed by atoms with van der Waals surface area (Å²) in [6.07, 6.45) is 6.74. The van der Waals surface area contributed by atoms with Gasteiger partial charge in [-0.1, -0.05) is 20.8 Å². The second kappa shape index (κ2) is 3.69. The first-order valence-corrected chi connectivity index (χ1v) is 6.65. The molecule has 0 radical (unpaired) electrons. The SMILES string of the molecule is CC1CC2(C1)CN(c1ncc(C(C)C)cn1)C2. The molecule has 0 N–H and O–H groups in total. The van der Waals surface area contributed by atoms with Crippen LogP contribution in [-0.4, -0.2) is 23.1 Å². The van der Waals surface area contributed by atoms with Gasteiger partial charge in [-0.25, -0.2) is 9.97 Å². The van der Waals surface area contributed by atoms with E-state index in [1.807, 2.05) is 12.4 Å². The van der Waals surface area contributed by atoms with Crippen LogP contribution in [0.4, 0.5) is 5.95 Å². The van der Waals surface area contributed by atoms with Gasteiger partial charge >= 0.3 is 0 Å². The van der Waals surface area contributed by atoms with Crippen LogP contribution in [0.2, 0.25) is 0 Å². The van der Waals surface area contributed by atoms with Crippen molar-refractivity contribution in [2.45, 2.75) is 39.5 Å². The van der Waals surface area contributed by atoms with Gasteiger partial charge in [-0.05, 0) is 30.2 Å². The van der Waals surface area contributed by atoms with Crippen LogP contribution in [0.15, 0.2) is 12.4 Å². The Morgan fingerprint density at radius 2 is 1.82 bits per heavy atom. The highest BCUT2D eigenvalue weighted by Crippen LogP contribution is 2.52. The summed E-state index contributed by atoms with van der Waals surface area (Å²) < 4.78 is 0. The number of hydrogen-bond donors (Lipinski definition) is 0. The molecule has 17 heavy (non-hydrogen) atoms. The first-order chi connectivity index (χ1) is 8.08. The van der Waals surface area contributed by atoms with Crippen molar-refractivity contribution in [2.75, 3.05) is 18.0 Å². The van der Waals surface area contributed by atoms with Crippen LogP contribution >= 0.6 is 0 Å². The van der Waals surface area contributed by atoms with E-state index in [1.54, 1.807) is 0 Å². The molecule has 1 aromatic heterocycles. The van der Waals surface area contributed by atoms with Crippen molar-refractivity contribution in [3.8, 4) is 0 Å². The van der Waals surface area contributed by atoms with Crippen molar-refractivity contribution in [1.82, 2.24) is 9.97 Å². The molecule has 92 valence electrons. The van der Waals surface area contributed by atoms with Gasteiger partial charge in [0.05, 0.1) is 0 Å². The van der Waals surface area contributed by atoms with Crippen molar-refractivity contribution >= 4 is 5.95 Å². The average Bonchev–Trinajstić information content (AvgIpc) is 2.21. The molecule has 0 bridgehead atoms. The summed E-state index contributed by atoms with van der Waals surface area (Å²) in [5.41, 5.74) is 1.85. The lowest BCUT2D eigenvalue weighted by atomic mass is 9.58. The van der Waals surface area contributed by atoms with Gasteiger partial charge in [0.15, 0.2) is 0 Å². The minimum Gasteiger partial charge on any atom is -0.340 e. The predicted octanol–water partition coefficient (Wildman–Crippen LogP) is 2.84. The fraction of sp³-hybridized carbons (Fsp3) is 0.714. The van der Waals surface area contributed by atoms with Crippen molar-refractivity contribution < 1.29 is 0 Å². The van der Waals surface area contributed by atoms with Gasteiger partial charge in [-0.15, -0.1) is 0 Å². The molecule has 1 aliphatic heterocycles. The monoisotopic (exact) mass is 231 g/mol. The first-order valence-electron chi connectivity index (χ1n) is 6.65. The normalized spacial score (nSPS) is 22.7. The standard InChI is InChI=1S/C14H21N3/c1-10(2)12-6-15-13(16-7-12)17-8-14(9-17)4-11(3)5-14/h6-7,10-11H,4-5,8-9H2,1-3H3. The van der Waals surface area contributed by atoms with Crippen LogP contribution in [0.1, 0.15) is 45.1 Å². The van der Waals surface area contributed by atoms with Crippen molar-refractivity contribution in [3.63, 3.8) is 0 Å². The summed E-state index contributed by atoms with van der Waals surface area (Å²) in [6, 6.07) is 0. The van der Waals surface area contributed by atoms with E-state index in [9.17, 15) is 0 Å². The summed E-state index contributed by atoms with van der Waals surface area (Å²) >= 11 is 0. The van der Waals surface area contributed by atoms with Crippen molar-refractivity contribution in [2.24, 2.45) is 11.3 Å². The molecule has 2 aliphatic rings.